The molecule has 3 aromatic rings. The number of aromatic nitrogens is 3. The fourth-order valence-corrected chi connectivity index (χ4v) is 2.61. The van der Waals surface area contributed by atoms with E-state index in [2.05, 4.69) is 25.8 Å². The molecule has 25 heavy (non-hydrogen) atoms. The molecule has 7 nitrogen and oxygen atoms in total. The molecule has 0 atom stereocenters. The van der Waals surface area contributed by atoms with Crippen LogP contribution in [-0.4, -0.2) is 22.0 Å². The van der Waals surface area contributed by atoms with E-state index in [1.54, 1.807) is 24.3 Å². The smallest absolute Gasteiger partial charge is 0.249 e. The number of hydrogen-bond donors (Lipinski definition) is 2. The Morgan fingerprint density at radius 1 is 1.00 bits per heavy atom. The number of benzene rings is 2. The average molecular weight is 376 g/mol. The number of halogens is 2. The van der Waals surface area contributed by atoms with Crippen LogP contribution in [0.5, 0.6) is 11.5 Å². The van der Waals surface area contributed by atoms with E-state index in [0.717, 1.165) is 5.69 Å². The number of nitrogens with one attached hydrogen (secondary N) is 2. The first-order valence-corrected chi connectivity index (χ1v) is 8.02. The number of ether oxygens (including phenoxy) is 2. The van der Waals surface area contributed by atoms with Crippen molar-refractivity contribution in [2.45, 2.75) is 0 Å². The highest BCUT2D eigenvalue weighted by Gasteiger charge is 2.14. The molecule has 126 valence electrons. The van der Waals surface area contributed by atoms with Gasteiger partial charge in [-0.1, -0.05) is 29.3 Å². The highest BCUT2D eigenvalue weighted by molar-refractivity contribution is 6.43. The minimum absolute atomic E-state index is 0.219. The van der Waals surface area contributed by atoms with Gasteiger partial charge in [0.2, 0.25) is 12.7 Å². The lowest BCUT2D eigenvalue weighted by Crippen LogP contribution is -2.02. The first kappa shape index (κ1) is 15.7. The summed E-state index contributed by atoms with van der Waals surface area (Å²) >= 11 is 12.2. The molecule has 0 spiro atoms. The predicted octanol–water partition coefficient (Wildman–Crippen LogP) is 4.39. The zero-order valence-electron chi connectivity index (χ0n) is 12.7. The maximum Gasteiger partial charge on any atom is 0.249 e. The van der Waals surface area contributed by atoms with Gasteiger partial charge in [-0.05, 0) is 24.3 Å². The van der Waals surface area contributed by atoms with Crippen molar-refractivity contribution in [1.29, 1.82) is 0 Å². The van der Waals surface area contributed by atoms with Gasteiger partial charge in [0.15, 0.2) is 17.3 Å². The van der Waals surface area contributed by atoms with Crippen molar-refractivity contribution >= 4 is 46.3 Å². The van der Waals surface area contributed by atoms with Crippen molar-refractivity contribution in [2.75, 3.05) is 17.4 Å². The lowest BCUT2D eigenvalue weighted by atomic mass is 10.3. The third kappa shape index (κ3) is 3.38. The summed E-state index contributed by atoms with van der Waals surface area (Å²) in [5.74, 6) is 2.16. The molecule has 1 aromatic heterocycles. The first-order chi connectivity index (χ1) is 12.2. The minimum atomic E-state index is 0.219. The molecule has 2 heterocycles. The van der Waals surface area contributed by atoms with Gasteiger partial charge in [-0.2, -0.15) is 10.1 Å². The summed E-state index contributed by atoms with van der Waals surface area (Å²) in [4.78, 5) is 4.36. The Morgan fingerprint density at radius 2 is 1.88 bits per heavy atom. The van der Waals surface area contributed by atoms with Crippen LogP contribution in [0, 0.1) is 0 Å². The SMILES string of the molecule is Clc1cccc(Nc2cnnc(Nc3ccc4c(c3)OCO4)n2)c1Cl. The Balaban J connectivity index is 1.54. The van der Waals surface area contributed by atoms with Crippen molar-refractivity contribution in [1.82, 2.24) is 15.2 Å². The molecule has 2 N–H and O–H groups in total. The number of rotatable bonds is 4. The normalized spacial score (nSPS) is 12.1. The van der Waals surface area contributed by atoms with Crippen LogP contribution in [0.1, 0.15) is 0 Å². The Bertz CT molecular complexity index is 938. The molecule has 0 saturated carbocycles. The first-order valence-electron chi connectivity index (χ1n) is 7.26. The monoisotopic (exact) mass is 375 g/mol. The summed E-state index contributed by atoms with van der Waals surface area (Å²) in [7, 11) is 0. The van der Waals surface area contributed by atoms with E-state index in [1.807, 2.05) is 12.1 Å². The largest absolute Gasteiger partial charge is 0.454 e. The molecule has 1 aliphatic rings. The third-order valence-electron chi connectivity index (χ3n) is 3.40. The number of fused-ring (bicyclic) bond motifs is 1. The Kier molecular flexibility index (Phi) is 4.17. The van der Waals surface area contributed by atoms with Crippen LogP contribution in [0.4, 0.5) is 23.1 Å². The fourth-order valence-electron chi connectivity index (χ4n) is 2.26. The van der Waals surface area contributed by atoms with Gasteiger partial charge in [0.25, 0.3) is 0 Å². The molecule has 4 rings (SSSR count). The van der Waals surface area contributed by atoms with Crippen LogP contribution in [0.2, 0.25) is 10.0 Å². The summed E-state index contributed by atoms with van der Waals surface area (Å²) in [5, 5.41) is 14.9. The van der Waals surface area contributed by atoms with Crippen molar-refractivity contribution < 1.29 is 9.47 Å². The van der Waals surface area contributed by atoms with Crippen LogP contribution in [0.25, 0.3) is 0 Å². The molecule has 0 saturated heterocycles. The van der Waals surface area contributed by atoms with Crippen molar-refractivity contribution in [3.8, 4) is 11.5 Å². The second kappa shape index (κ2) is 6.62. The zero-order valence-corrected chi connectivity index (χ0v) is 14.2. The van der Waals surface area contributed by atoms with E-state index in [1.165, 1.54) is 6.20 Å². The Labute approximate surface area is 152 Å². The predicted molar refractivity (Wildman–Crippen MR) is 95.4 cm³/mol. The molecular formula is C16H11Cl2N5O2. The van der Waals surface area contributed by atoms with E-state index in [9.17, 15) is 0 Å². The van der Waals surface area contributed by atoms with Gasteiger partial charge in [0.05, 0.1) is 21.9 Å². The van der Waals surface area contributed by atoms with Gasteiger partial charge in [0.1, 0.15) is 0 Å². The van der Waals surface area contributed by atoms with Crippen molar-refractivity contribution in [3.05, 3.63) is 52.6 Å². The van der Waals surface area contributed by atoms with Crippen LogP contribution in [0.15, 0.2) is 42.6 Å². The second-order valence-corrected chi connectivity index (χ2v) is 5.87. The molecule has 0 unspecified atom stereocenters. The Hall–Kier alpha value is -2.77. The van der Waals surface area contributed by atoms with Gasteiger partial charge < -0.3 is 20.1 Å². The standard InChI is InChI=1S/C16H11Cl2N5O2/c17-10-2-1-3-11(15(10)18)21-14-7-19-23-16(22-14)20-9-4-5-12-13(6-9)25-8-24-12/h1-7H,8H2,(H2,20,21,22,23). The molecule has 0 bridgehead atoms. The van der Waals surface area contributed by atoms with Gasteiger partial charge >= 0.3 is 0 Å². The van der Waals surface area contributed by atoms with E-state index >= 15 is 0 Å². The Morgan fingerprint density at radius 3 is 2.80 bits per heavy atom. The molecule has 0 amide bonds. The van der Waals surface area contributed by atoms with Crippen LogP contribution < -0.4 is 20.1 Å². The summed E-state index contributed by atoms with van der Waals surface area (Å²) in [6, 6.07) is 10.7. The van der Waals surface area contributed by atoms with Gasteiger partial charge in [-0.3, -0.25) is 0 Å². The number of anilines is 4. The molecule has 0 fully saturated rings. The van der Waals surface area contributed by atoms with Crippen molar-refractivity contribution in [2.24, 2.45) is 0 Å². The number of hydrogen-bond acceptors (Lipinski definition) is 7. The van der Waals surface area contributed by atoms with Crippen LogP contribution in [0.3, 0.4) is 0 Å². The van der Waals surface area contributed by atoms with E-state index in [-0.39, 0.29) is 6.79 Å². The summed E-state index contributed by atoms with van der Waals surface area (Å²) in [6.07, 6.45) is 1.49. The summed E-state index contributed by atoms with van der Waals surface area (Å²) in [5.41, 5.74) is 1.38. The maximum absolute atomic E-state index is 6.17. The van der Waals surface area contributed by atoms with Gasteiger partial charge in [-0.25, -0.2) is 0 Å². The molecular weight excluding hydrogens is 365 g/mol. The third-order valence-corrected chi connectivity index (χ3v) is 4.22. The molecule has 9 heteroatoms. The average Bonchev–Trinajstić information content (AvgIpc) is 3.07. The second-order valence-electron chi connectivity index (χ2n) is 5.08. The minimum Gasteiger partial charge on any atom is -0.454 e. The van der Waals surface area contributed by atoms with E-state index in [4.69, 9.17) is 32.7 Å². The highest BCUT2D eigenvalue weighted by atomic mass is 35.5. The lowest BCUT2D eigenvalue weighted by molar-refractivity contribution is 0.174. The highest BCUT2D eigenvalue weighted by Crippen LogP contribution is 2.35. The zero-order chi connectivity index (χ0) is 17.2. The molecule has 0 radical (unpaired) electrons. The van der Waals surface area contributed by atoms with E-state index in [0.29, 0.717) is 39.0 Å². The van der Waals surface area contributed by atoms with Crippen LogP contribution >= 0.6 is 23.2 Å². The van der Waals surface area contributed by atoms with E-state index < -0.39 is 0 Å². The summed E-state index contributed by atoms with van der Waals surface area (Å²) < 4.78 is 10.6. The van der Waals surface area contributed by atoms with Gasteiger partial charge in [-0.15, -0.1) is 5.10 Å². The van der Waals surface area contributed by atoms with Gasteiger partial charge in [0, 0.05) is 11.8 Å². The quantitative estimate of drug-likeness (QED) is 0.699. The maximum atomic E-state index is 6.17. The lowest BCUT2D eigenvalue weighted by Gasteiger charge is -2.10. The van der Waals surface area contributed by atoms with Crippen molar-refractivity contribution in [3.63, 3.8) is 0 Å². The fraction of sp³-hybridized carbons (Fsp3) is 0.0625. The number of nitrogens with zero attached hydrogens (tertiary/aromatic N) is 3. The van der Waals surface area contributed by atoms with Crippen LogP contribution in [-0.2, 0) is 0 Å². The molecule has 1 aliphatic heterocycles. The topological polar surface area (TPSA) is 81.2 Å². The molecule has 2 aromatic carbocycles. The molecule has 0 aliphatic carbocycles. The summed E-state index contributed by atoms with van der Waals surface area (Å²) in [6.45, 7) is 0.219.